The van der Waals surface area contributed by atoms with E-state index in [9.17, 15) is 5.11 Å². The lowest BCUT2D eigenvalue weighted by Crippen LogP contribution is -2.07. The Balaban J connectivity index is 1.92. The molecule has 2 aromatic rings. The normalized spacial score (nSPS) is 17.8. The van der Waals surface area contributed by atoms with Crippen LogP contribution in [0.1, 0.15) is 60.8 Å². The molecule has 2 N–H and O–H groups in total. The molecule has 0 saturated carbocycles. The molecule has 0 atom stereocenters. The minimum absolute atomic E-state index is 0.0281. The van der Waals surface area contributed by atoms with Crippen LogP contribution in [0.3, 0.4) is 0 Å². The molecule has 1 aromatic carbocycles. The first kappa shape index (κ1) is 20.8. The zero-order valence-electron chi connectivity index (χ0n) is 17.5. The average molecular weight is 388 g/mol. The van der Waals surface area contributed by atoms with Gasteiger partial charge in [-0.15, -0.1) is 0 Å². The van der Waals surface area contributed by atoms with Gasteiger partial charge in [0.2, 0.25) is 0 Å². The van der Waals surface area contributed by atoms with E-state index in [2.05, 4.69) is 41.7 Å². The van der Waals surface area contributed by atoms with Gasteiger partial charge in [0.05, 0.1) is 12.3 Å². The third-order valence-corrected chi connectivity index (χ3v) is 5.25. The molecule has 150 valence electrons. The molecular formula is C25H29N3O. The maximum Gasteiger partial charge on any atom is 0.184 e. The van der Waals surface area contributed by atoms with E-state index >= 15 is 0 Å². The smallest absolute Gasteiger partial charge is 0.184 e. The van der Waals surface area contributed by atoms with Crippen LogP contribution < -0.4 is 5.32 Å². The average Bonchev–Trinajstić information content (AvgIpc) is 2.70. The summed E-state index contributed by atoms with van der Waals surface area (Å²) in [6, 6.07) is 5.91. The molecular weight excluding hydrogens is 358 g/mol. The molecule has 0 aliphatic heterocycles. The van der Waals surface area contributed by atoms with Crippen molar-refractivity contribution in [2.24, 2.45) is 0 Å². The number of aryl methyl sites for hydroxylation is 2. The number of rotatable bonds is 5. The van der Waals surface area contributed by atoms with Crippen molar-refractivity contribution in [3.63, 3.8) is 0 Å². The summed E-state index contributed by atoms with van der Waals surface area (Å²) in [6.07, 6.45) is 10.7. The summed E-state index contributed by atoms with van der Waals surface area (Å²) >= 11 is 0. The third-order valence-electron chi connectivity index (χ3n) is 5.25. The second-order valence-electron chi connectivity index (χ2n) is 7.62. The molecule has 3 rings (SSSR count). The maximum atomic E-state index is 9.41. The summed E-state index contributed by atoms with van der Waals surface area (Å²) in [6.45, 7) is 10.1. The summed E-state index contributed by atoms with van der Waals surface area (Å²) in [5.74, 6) is 0.575. The summed E-state index contributed by atoms with van der Waals surface area (Å²) in [4.78, 5) is 9.26. The zero-order chi connectivity index (χ0) is 20.8. The van der Waals surface area contributed by atoms with Crippen molar-refractivity contribution in [3.8, 4) is 0 Å². The molecule has 4 nitrogen and oxygen atoms in total. The standard InChI is InChI=1S/C25H29N3O/c1-5-22(27-24-18(3)14-20(16-29)15-19(24)4)25-26-13-12-23(28-25)21-9-7-6-8-17(2)10-11-21/h10-15,27,29H,1,6-9,16H2,2-4H3/b17-10-,21-11+. The topological polar surface area (TPSA) is 58.0 Å². The Morgan fingerprint density at radius 2 is 1.86 bits per heavy atom. The number of aliphatic hydroxyl groups excluding tert-OH is 1. The molecule has 0 radical (unpaired) electrons. The zero-order valence-corrected chi connectivity index (χ0v) is 17.5. The number of anilines is 1. The van der Waals surface area contributed by atoms with Gasteiger partial charge in [-0.1, -0.05) is 42.2 Å². The summed E-state index contributed by atoms with van der Waals surface area (Å²) in [5, 5.41) is 12.8. The fraction of sp³-hybridized carbons (Fsp3) is 0.320. The van der Waals surface area contributed by atoms with Gasteiger partial charge in [0, 0.05) is 11.9 Å². The van der Waals surface area contributed by atoms with E-state index < -0.39 is 0 Å². The van der Waals surface area contributed by atoms with E-state index in [-0.39, 0.29) is 6.61 Å². The SMILES string of the molecule is C=C=C(Nc1c(C)cc(CO)cc1C)c1nccc(/C2=C/C=C(/C)CCCC2)n1. The molecule has 1 heterocycles. The van der Waals surface area contributed by atoms with E-state index in [0.29, 0.717) is 11.5 Å². The van der Waals surface area contributed by atoms with Crippen molar-refractivity contribution in [2.45, 2.75) is 53.1 Å². The first-order valence-electron chi connectivity index (χ1n) is 10.1. The van der Waals surface area contributed by atoms with Crippen LogP contribution in [0.25, 0.3) is 11.3 Å². The van der Waals surface area contributed by atoms with Crippen molar-refractivity contribution in [1.82, 2.24) is 9.97 Å². The van der Waals surface area contributed by atoms with Gasteiger partial charge in [0.15, 0.2) is 5.82 Å². The Hall–Kier alpha value is -2.94. The van der Waals surface area contributed by atoms with Crippen LogP contribution in [-0.4, -0.2) is 15.1 Å². The predicted molar refractivity (Wildman–Crippen MR) is 120 cm³/mol. The van der Waals surface area contributed by atoms with Gasteiger partial charge in [-0.2, -0.15) is 0 Å². The lowest BCUT2D eigenvalue weighted by Gasteiger charge is -2.16. The number of nitrogens with one attached hydrogen (secondary N) is 1. The second kappa shape index (κ2) is 9.51. The van der Waals surface area contributed by atoms with Crippen LogP contribution in [0.5, 0.6) is 0 Å². The summed E-state index contributed by atoms with van der Waals surface area (Å²) in [7, 11) is 0. The fourth-order valence-electron chi connectivity index (χ4n) is 3.65. The number of nitrogens with zero attached hydrogens (tertiary/aromatic N) is 2. The van der Waals surface area contributed by atoms with Crippen LogP contribution in [0.4, 0.5) is 5.69 Å². The monoisotopic (exact) mass is 387 g/mol. The summed E-state index contributed by atoms with van der Waals surface area (Å²) < 4.78 is 0. The van der Waals surface area contributed by atoms with Crippen molar-refractivity contribution in [3.05, 3.63) is 82.6 Å². The molecule has 1 aromatic heterocycles. The minimum Gasteiger partial charge on any atom is -0.392 e. The van der Waals surface area contributed by atoms with Gasteiger partial charge in [-0.05, 0) is 74.8 Å². The molecule has 0 fully saturated rings. The number of aromatic nitrogens is 2. The highest BCUT2D eigenvalue weighted by atomic mass is 16.3. The molecule has 0 spiro atoms. The van der Waals surface area contributed by atoms with Gasteiger partial charge < -0.3 is 10.4 Å². The van der Waals surface area contributed by atoms with E-state index in [0.717, 1.165) is 40.9 Å². The highest BCUT2D eigenvalue weighted by molar-refractivity contribution is 5.77. The Labute approximate surface area is 173 Å². The molecule has 0 bridgehead atoms. The Bertz CT molecular complexity index is 987. The van der Waals surface area contributed by atoms with Gasteiger partial charge in [-0.25, -0.2) is 9.97 Å². The minimum atomic E-state index is 0.0281. The van der Waals surface area contributed by atoms with E-state index in [4.69, 9.17) is 4.98 Å². The van der Waals surface area contributed by atoms with Crippen LogP contribution in [0.15, 0.2) is 54.4 Å². The number of aliphatic hydroxyl groups is 1. The second-order valence-corrected chi connectivity index (χ2v) is 7.62. The van der Waals surface area contributed by atoms with Crippen LogP contribution >= 0.6 is 0 Å². The van der Waals surface area contributed by atoms with Crippen molar-refractivity contribution >= 4 is 17.0 Å². The Kier molecular flexibility index (Phi) is 6.82. The largest absolute Gasteiger partial charge is 0.392 e. The first-order valence-corrected chi connectivity index (χ1v) is 10.1. The quantitative estimate of drug-likeness (QED) is 0.644. The number of hydrogen-bond acceptors (Lipinski definition) is 4. The highest BCUT2D eigenvalue weighted by Gasteiger charge is 2.13. The van der Waals surface area contributed by atoms with Gasteiger partial charge in [0.1, 0.15) is 5.70 Å². The molecule has 1 aliphatic rings. The van der Waals surface area contributed by atoms with Crippen molar-refractivity contribution in [2.75, 3.05) is 5.32 Å². The maximum absolute atomic E-state index is 9.41. The van der Waals surface area contributed by atoms with Gasteiger partial charge in [0.25, 0.3) is 0 Å². The molecule has 1 aliphatic carbocycles. The molecule has 0 unspecified atom stereocenters. The van der Waals surface area contributed by atoms with Crippen molar-refractivity contribution < 1.29 is 5.11 Å². The highest BCUT2D eigenvalue weighted by Crippen LogP contribution is 2.27. The predicted octanol–water partition coefficient (Wildman–Crippen LogP) is 5.73. The fourth-order valence-corrected chi connectivity index (χ4v) is 3.65. The van der Waals surface area contributed by atoms with Crippen LogP contribution in [0.2, 0.25) is 0 Å². The Morgan fingerprint density at radius 3 is 2.55 bits per heavy atom. The van der Waals surface area contributed by atoms with Crippen LogP contribution in [0, 0.1) is 13.8 Å². The molecule has 4 heteroatoms. The number of allylic oxidation sites excluding steroid dienone is 4. The molecule has 29 heavy (non-hydrogen) atoms. The third kappa shape index (κ3) is 5.11. The lowest BCUT2D eigenvalue weighted by molar-refractivity contribution is 0.281. The van der Waals surface area contributed by atoms with E-state index in [1.54, 1.807) is 6.20 Å². The van der Waals surface area contributed by atoms with Crippen LogP contribution in [-0.2, 0) is 6.61 Å². The van der Waals surface area contributed by atoms with E-state index in [1.807, 2.05) is 32.0 Å². The molecule has 0 amide bonds. The Morgan fingerprint density at radius 1 is 1.14 bits per heavy atom. The number of benzene rings is 1. The first-order chi connectivity index (χ1) is 14.0. The number of hydrogen-bond donors (Lipinski definition) is 2. The van der Waals surface area contributed by atoms with E-state index in [1.165, 1.54) is 24.0 Å². The van der Waals surface area contributed by atoms with Gasteiger partial charge >= 0.3 is 0 Å². The lowest BCUT2D eigenvalue weighted by atomic mass is 9.98. The van der Waals surface area contributed by atoms with Gasteiger partial charge in [-0.3, -0.25) is 0 Å². The molecule has 0 saturated heterocycles. The summed E-state index contributed by atoms with van der Waals surface area (Å²) in [5.41, 5.74) is 11.1. The van der Waals surface area contributed by atoms with Crippen molar-refractivity contribution in [1.29, 1.82) is 0 Å².